The minimum absolute atomic E-state index is 0.0138. The second-order valence-electron chi connectivity index (χ2n) is 11.4. The van der Waals surface area contributed by atoms with Crippen LogP contribution in [0.2, 0.25) is 0 Å². The second kappa shape index (κ2) is 13.4. The molecule has 3 heterocycles. The summed E-state index contributed by atoms with van der Waals surface area (Å²) in [6.07, 6.45) is 3.74. The Labute approximate surface area is 272 Å². The predicted molar refractivity (Wildman–Crippen MR) is 178 cm³/mol. The van der Waals surface area contributed by atoms with Gasteiger partial charge in [0.2, 0.25) is 0 Å². The minimum Gasteiger partial charge on any atom is -0.507 e. The van der Waals surface area contributed by atoms with Crippen LogP contribution in [0.1, 0.15) is 69.7 Å². The van der Waals surface area contributed by atoms with E-state index in [1.54, 1.807) is 24.3 Å². The van der Waals surface area contributed by atoms with Crippen LogP contribution in [0.5, 0.6) is 23.0 Å². The molecule has 1 aromatic heterocycles. The number of benzene rings is 3. The van der Waals surface area contributed by atoms with E-state index in [2.05, 4.69) is 6.92 Å². The molecule has 10 heteroatoms. The molecule has 2 aliphatic rings. The van der Waals surface area contributed by atoms with Gasteiger partial charge in [-0.1, -0.05) is 37.2 Å². The van der Waals surface area contributed by atoms with E-state index in [0.29, 0.717) is 65.3 Å². The van der Waals surface area contributed by atoms with Crippen LogP contribution in [0.15, 0.2) is 60.2 Å². The topological polar surface area (TPSA) is 107 Å². The number of nitrogens with zero attached hydrogens (tertiary/aromatic N) is 2. The summed E-state index contributed by atoms with van der Waals surface area (Å²) in [7, 11) is 0. The number of ether oxygens (including phenoxy) is 4. The van der Waals surface area contributed by atoms with E-state index in [0.717, 1.165) is 35.3 Å². The third kappa shape index (κ3) is 6.01. The Morgan fingerprint density at radius 3 is 2.59 bits per heavy atom. The number of hydrogen-bond acceptors (Lipinski definition) is 9. The number of anilines is 1. The first-order chi connectivity index (χ1) is 22.3. The number of aliphatic hydroxyl groups excluding tert-OH is 1. The highest BCUT2D eigenvalue weighted by molar-refractivity contribution is 7.22. The van der Waals surface area contributed by atoms with Crippen molar-refractivity contribution >= 4 is 44.1 Å². The molecular weight excluding hydrogens is 604 g/mol. The summed E-state index contributed by atoms with van der Waals surface area (Å²) in [5, 5.41) is 12.1. The van der Waals surface area contributed by atoms with Crippen LogP contribution >= 0.6 is 11.3 Å². The van der Waals surface area contributed by atoms with Gasteiger partial charge in [0, 0.05) is 12.0 Å². The molecule has 46 heavy (non-hydrogen) atoms. The van der Waals surface area contributed by atoms with Gasteiger partial charge in [-0.05, 0) is 86.8 Å². The van der Waals surface area contributed by atoms with Crippen LogP contribution in [0, 0.1) is 0 Å². The first-order valence-corrected chi connectivity index (χ1v) is 16.7. The van der Waals surface area contributed by atoms with Crippen molar-refractivity contribution in [2.75, 3.05) is 24.7 Å². The zero-order chi connectivity index (χ0) is 32.4. The Bertz CT molecular complexity index is 1810. The van der Waals surface area contributed by atoms with Gasteiger partial charge >= 0.3 is 5.91 Å². The molecule has 240 valence electrons. The maximum Gasteiger partial charge on any atom is 0.301 e. The van der Waals surface area contributed by atoms with Crippen LogP contribution in [-0.4, -0.2) is 47.7 Å². The van der Waals surface area contributed by atoms with Crippen molar-refractivity contribution in [3.63, 3.8) is 0 Å². The molecule has 0 saturated carbocycles. The number of rotatable bonds is 12. The lowest BCUT2D eigenvalue weighted by molar-refractivity contribution is -0.132. The summed E-state index contributed by atoms with van der Waals surface area (Å²) in [5.74, 6) is 0.691. The fourth-order valence-electron chi connectivity index (χ4n) is 5.94. The molecule has 1 saturated heterocycles. The minimum atomic E-state index is -0.969. The highest BCUT2D eigenvalue weighted by Crippen LogP contribution is 2.46. The zero-order valence-electron chi connectivity index (χ0n) is 26.5. The Morgan fingerprint density at radius 1 is 0.978 bits per heavy atom. The molecule has 2 aliphatic heterocycles. The van der Waals surface area contributed by atoms with E-state index in [1.807, 2.05) is 51.1 Å². The van der Waals surface area contributed by atoms with Crippen LogP contribution < -0.4 is 23.8 Å². The van der Waals surface area contributed by atoms with E-state index in [9.17, 15) is 14.7 Å². The fraction of sp³-hybridized carbons (Fsp3) is 0.361. The molecule has 0 bridgehead atoms. The molecule has 1 N–H and O–H groups in total. The number of fused-ring (bicyclic) bond motifs is 2. The van der Waals surface area contributed by atoms with Crippen molar-refractivity contribution in [1.29, 1.82) is 0 Å². The molecular formula is C36H38N2O7S. The van der Waals surface area contributed by atoms with Gasteiger partial charge in [0.05, 0.1) is 41.7 Å². The molecule has 2 atom stereocenters. The van der Waals surface area contributed by atoms with Gasteiger partial charge in [-0.3, -0.25) is 14.5 Å². The van der Waals surface area contributed by atoms with Crippen molar-refractivity contribution in [3.05, 3.63) is 76.9 Å². The molecule has 6 rings (SSSR count). The largest absolute Gasteiger partial charge is 0.507 e. The van der Waals surface area contributed by atoms with E-state index >= 15 is 0 Å². The standard InChI is InChI=1S/C36H38N2O7S/c1-5-8-9-16-44-28-15-10-22(19-29(28)43-7-3)32-31(33(39)23-11-14-27-24(18-23)17-21(4)45-27)34(40)35(41)38(32)36-37-26-13-12-25(42-6-2)20-30(26)46-36/h10-15,18-21,32,39H,5-9,16-17H2,1-4H3/t21-,32-/m1/s1. The van der Waals surface area contributed by atoms with E-state index in [-0.39, 0.29) is 17.4 Å². The van der Waals surface area contributed by atoms with Crippen LogP contribution in [0.3, 0.4) is 0 Å². The van der Waals surface area contributed by atoms with Crippen molar-refractivity contribution in [1.82, 2.24) is 4.98 Å². The van der Waals surface area contributed by atoms with Crippen LogP contribution in [0.4, 0.5) is 5.13 Å². The number of hydrogen-bond donors (Lipinski definition) is 1. The van der Waals surface area contributed by atoms with E-state index in [1.165, 1.54) is 16.2 Å². The van der Waals surface area contributed by atoms with E-state index in [4.69, 9.17) is 23.9 Å². The highest BCUT2D eigenvalue weighted by atomic mass is 32.1. The lowest BCUT2D eigenvalue weighted by Gasteiger charge is -2.24. The van der Waals surface area contributed by atoms with Crippen molar-refractivity contribution in [3.8, 4) is 23.0 Å². The molecule has 3 aromatic carbocycles. The number of aromatic nitrogens is 1. The molecule has 4 aromatic rings. The quantitative estimate of drug-likeness (QED) is 0.0728. The Morgan fingerprint density at radius 2 is 1.80 bits per heavy atom. The number of aliphatic hydroxyl groups is 1. The van der Waals surface area contributed by atoms with Crippen LogP contribution in [0.25, 0.3) is 16.0 Å². The summed E-state index contributed by atoms with van der Waals surface area (Å²) >= 11 is 1.28. The number of amides is 1. The van der Waals surface area contributed by atoms with Gasteiger partial charge in [-0.2, -0.15) is 0 Å². The molecule has 0 aliphatic carbocycles. The lowest BCUT2D eigenvalue weighted by atomic mass is 9.94. The van der Waals surface area contributed by atoms with Crippen molar-refractivity contribution in [2.24, 2.45) is 0 Å². The maximum atomic E-state index is 13.9. The summed E-state index contributed by atoms with van der Waals surface area (Å²) in [6.45, 7) is 9.36. The molecule has 0 radical (unpaired) electrons. The molecule has 1 fully saturated rings. The smallest absolute Gasteiger partial charge is 0.301 e. The Kier molecular flexibility index (Phi) is 9.17. The number of Topliss-reactive ketones (excluding diaryl/α,β-unsaturated/α-hetero) is 1. The molecule has 0 unspecified atom stereocenters. The van der Waals surface area contributed by atoms with Gasteiger partial charge in [0.15, 0.2) is 16.6 Å². The average molecular weight is 643 g/mol. The Balaban J connectivity index is 1.48. The number of thiazole rings is 1. The maximum absolute atomic E-state index is 13.9. The summed E-state index contributed by atoms with van der Waals surface area (Å²) in [4.78, 5) is 33.9. The number of carbonyl (C=O) groups excluding carboxylic acids is 2. The Hall–Kier alpha value is -4.57. The molecule has 9 nitrogen and oxygen atoms in total. The van der Waals surface area contributed by atoms with E-state index < -0.39 is 17.7 Å². The van der Waals surface area contributed by atoms with Crippen molar-refractivity contribution < 1.29 is 33.6 Å². The van der Waals surface area contributed by atoms with Gasteiger partial charge in [0.25, 0.3) is 5.78 Å². The number of ketones is 1. The normalized spacial score (nSPS) is 18.6. The SMILES string of the molecule is CCCCCOc1ccc([C@@H]2C(=C(O)c3ccc4c(c3)C[C@@H](C)O4)C(=O)C(=O)N2c2nc3ccc(OCC)cc3s2)cc1OCC. The fourth-order valence-corrected chi connectivity index (χ4v) is 6.96. The molecule has 1 amide bonds. The van der Waals surface area contributed by atoms with Gasteiger partial charge < -0.3 is 24.1 Å². The third-order valence-electron chi connectivity index (χ3n) is 8.07. The second-order valence-corrected chi connectivity index (χ2v) is 12.4. The van der Waals surface area contributed by atoms with Gasteiger partial charge in [-0.15, -0.1) is 0 Å². The lowest BCUT2D eigenvalue weighted by Crippen LogP contribution is -2.29. The predicted octanol–water partition coefficient (Wildman–Crippen LogP) is 7.61. The van der Waals surface area contributed by atoms with Gasteiger partial charge in [0.1, 0.15) is 23.4 Å². The highest BCUT2D eigenvalue weighted by Gasteiger charge is 2.48. The average Bonchev–Trinajstić information content (AvgIpc) is 3.71. The third-order valence-corrected chi connectivity index (χ3v) is 9.09. The van der Waals surface area contributed by atoms with Gasteiger partial charge in [-0.25, -0.2) is 4.98 Å². The summed E-state index contributed by atoms with van der Waals surface area (Å²) in [5.41, 5.74) is 2.60. The van der Waals surface area contributed by atoms with Crippen molar-refractivity contribution in [2.45, 2.75) is 65.5 Å². The monoisotopic (exact) mass is 642 g/mol. The first kappa shape index (κ1) is 31.4. The first-order valence-electron chi connectivity index (χ1n) is 15.9. The zero-order valence-corrected chi connectivity index (χ0v) is 27.3. The summed E-state index contributed by atoms with van der Waals surface area (Å²) < 4.78 is 24.4. The number of unbranched alkanes of at least 4 members (excludes halogenated alkanes) is 2. The number of carbonyl (C=O) groups is 2. The molecule has 0 spiro atoms. The summed E-state index contributed by atoms with van der Waals surface area (Å²) in [6, 6.07) is 15.3. The van der Waals surface area contributed by atoms with Crippen LogP contribution in [-0.2, 0) is 16.0 Å².